The lowest BCUT2D eigenvalue weighted by atomic mass is 10.1. The Balaban J connectivity index is 1.40. The Hall–Kier alpha value is -3.76. The number of hydrogen-bond acceptors (Lipinski definition) is 7. The van der Waals surface area contributed by atoms with Gasteiger partial charge in [-0.05, 0) is 54.1 Å². The third-order valence-corrected chi connectivity index (χ3v) is 6.63. The van der Waals surface area contributed by atoms with Gasteiger partial charge in [0.25, 0.3) is 5.91 Å². The molecule has 5 rings (SSSR count). The van der Waals surface area contributed by atoms with Crippen molar-refractivity contribution in [3.05, 3.63) is 72.4 Å². The fourth-order valence-electron chi connectivity index (χ4n) is 3.77. The van der Waals surface area contributed by atoms with Gasteiger partial charge in [0.15, 0.2) is 15.5 Å². The van der Waals surface area contributed by atoms with Crippen molar-refractivity contribution in [2.45, 2.75) is 10.9 Å². The van der Waals surface area contributed by atoms with E-state index in [4.69, 9.17) is 5.73 Å². The number of hydrogen-bond donors (Lipinski definition) is 2. The second-order valence-electron chi connectivity index (χ2n) is 8.10. The van der Waals surface area contributed by atoms with Gasteiger partial charge >= 0.3 is 0 Å². The zero-order valence-electron chi connectivity index (χ0n) is 17.8. The van der Waals surface area contributed by atoms with Crippen LogP contribution in [0.3, 0.4) is 0 Å². The minimum Gasteiger partial charge on any atom is -0.335 e. The van der Waals surface area contributed by atoms with E-state index in [0.29, 0.717) is 30.2 Å². The van der Waals surface area contributed by atoms with E-state index in [-0.39, 0.29) is 16.8 Å². The SMILES string of the molecule is CS(=O)(=O)c1cccc(-c2cccn3nc(Nc4ccc(C(=O)N5CC(N)C5)cc4)nc23)c1. The van der Waals surface area contributed by atoms with Gasteiger partial charge in [0, 0.05) is 48.4 Å². The summed E-state index contributed by atoms with van der Waals surface area (Å²) in [4.78, 5) is 19.0. The summed E-state index contributed by atoms with van der Waals surface area (Å²) in [7, 11) is -3.33. The lowest BCUT2D eigenvalue weighted by Crippen LogP contribution is -2.57. The van der Waals surface area contributed by atoms with Crippen LogP contribution in [0.25, 0.3) is 16.8 Å². The van der Waals surface area contributed by atoms with Crippen molar-refractivity contribution in [2.24, 2.45) is 5.73 Å². The number of carbonyl (C=O) groups excluding carboxylic acids is 1. The van der Waals surface area contributed by atoms with E-state index < -0.39 is 9.84 Å². The number of rotatable bonds is 5. The first-order chi connectivity index (χ1) is 15.8. The van der Waals surface area contributed by atoms with E-state index >= 15 is 0 Å². The fourth-order valence-corrected chi connectivity index (χ4v) is 4.43. The number of pyridine rings is 1. The maximum Gasteiger partial charge on any atom is 0.253 e. The van der Waals surface area contributed by atoms with Crippen molar-refractivity contribution < 1.29 is 13.2 Å². The number of nitrogens with zero attached hydrogens (tertiary/aromatic N) is 4. The number of aromatic nitrogens is 3. The molecule has 0 bridgehead atoms. The summed E-state index contributed by atoms with van der Waals surface area (Å²) in [5.41, 5.74) is 9.18. The molecule has 33 heavy (non-hydrogen) atoms. The standard InChI is InChI=1S/C23H22N6O3S/c1-33(31,32)19-5-2-4-16(12-19)20-6-3-11-29-21(20)26-23(27-29)25-18-9-7-15(8-10-18)22(30)28-13-17(24)14-28/h2-12,17H,13-14,24H2,1H3,(H,25,27). The van der Waals surface area contributed by atoms with E-state index in [2.05, 4.69) is 15.4 Å². The molecule has 0 saturated carbocycles. The summed E-state index contributed by atoms with van der Waals surface area (Å²) in [5.74, 6) is 0.351. The molecule has 4 aromatic rings. The predicted molar refractivity (Wildman–Crippen MR) is 125 cm³/mol. The third kappa shape index (κ3) is 4.18. The smallest absolute Gasteiger partial charge is 0.253 e. The van der Waals surface area contributed by atoms with Crippen molar-refractivity contribution in [2.75, 3.05) is 24.7 Å². The Morgan fingerprint density at radius 1 is 1.09 bits per heavy atom. The first-order valence-corrected chi connectivity index (χ1v) is 12.2. The zero-order valence-corrected chi connectivity index (χ0v) is 18.7. The quantitative estimate of drug-likeness (QED) is 0.467. The van der Waals surface area contributed by atoms with Gasteiger partial charge in [-0.1, -0.05) is 12.1 Å². The van der Waals surface area contributed by atoms with Gasteiger partial charge in [-0.25, -0.2) is 12.9 Å². The minimum atomic E-state index is -3.33. The average molecular weight is 463 g/mol. The van der Waals surface area contributed by atoms with Crippen LogP contribution in [-0.2, 0) is 9.84 Å². The molecule has 1 fully saturated rings. The monoisotopic (exact) mass is 462 g/mol. The molecule has 1 amide bonds. The highest BCUT2D eigenvalue weighted by Crippen LogP contribution is 2.27. The van der Waals surface area contributed by atoms with Crippen LogP contribution in [0.2, 0.25) is 0 Å². The van der Waals surface area contributed by atoms with Crippen LogP contribution in [0.4, 0.5) is 11.6 Å². The lowest BCUT2D eigenvalue weighted by Gasteiger charge is -2.36. The highest BCUT2D eigenvalue weighted by atomic mass is 32.2. The number of nitrogens with one attached hydrogen (secondary N) is 1. The Bertz CT molecular complexity index is 1460. The maximum absolute atomic E-state index is 12.4. The Labute approximate surface area is 190 Å². The number of fused-ring (bicyclic) bond motifs is 1. The van der Waals surface area contributed by atoms with Gasteiger partial charge in [0.1, 0.15) is 0 Å². The number of sulfone groups is 1. The van der Waals surface area contributed by atoms with Crippen molar-refractivity contribution in [3.8, 4) is 11.1 Å². The second kappa shape index (κ2) is 7.98. The van der Waals surface area contributed by atoms with Gasteiger partial charge < -0.3 is 16.0 Å². The molecule has 0 spiro atoms. The number of nitrogens with two attached hydrogens (primary N) is 1. The second-order valence-corrected chi connectivity index (χ2v) is 10.1. The Morgan fingerprint density at radius 2 is 1.85 bits per heavy atom. The molecule has 2 aromatic carbocycles. The van der Waals surface area contributed by atoms with Crippen molar-refractivity contribution in [3.63, 3.8) is 0 Å². The van der Waals surface area contributed by atoms with Gasteiger partial charge in [-0.15, -0.1) is 5.10 Å². The van der Waals surface area contributed by atoms with E-state index in [9.17, 15) is 13.2 Å². The maximum atomic E-state index is 12.4. The summed E-state index contributed by atoms with van der Waals surface area (Å²) >= 11 is 0. The van der Waals surface area contributed by atoms with E-state index in [1.54, 1.807) is 58.1 Å². The molecule has 3 N–H and O–H groups in total. The van der Waals surface area contributed by atoms with Gasteiger partial charge in [-0.3, -0.25) is 4.79 Å². The third-order valence-electron chi connectivity index (χ3n) is 5.52. The molecule has 0 aliphatic carbocycles. The summed E-state index contributed by atoms with van der Waals surface area (Å²) < 4.78 is 25.5. The van der Waals surface area contributed by atoms with Crippen LogP contribution in [0, 0.1) is 0 Å². The fraction of sp³-hybridized carbons (Fsp3) is 0.174. The van der Waals surface area contributed by atoms with Gasteiger partial charge in [-0.2, -0.15) is 4.98 Å². The average Bonchev–Trinajstić information content (AvgIpc) is 3.19. The highest BCUT2D eigenvalue weighted by Gasteiger charge is 2.28. The molecule has 3 heterocycles. The van der Waals surface area contributed by atoms with E-state index in [1.165, 1.54) is 6.26 Å². The van der Waals surface area contributed by atoms with Crippen LogP contribution < -0.4 is 11.1 Å². The van der Waals surface area contributed by atoms with Crippen LogP contribution in [0.5, 0.6) is 0 Å². The number of amides is 1. The number of benzene rings is 2. The topological polar surface area (TPSA) is 123 Å². The molecular weight excluding hydrogens is 440 g/mol. The zero-order chi connectivity index (χ0) is 23.2. The molecule has 168 valence electrons. The number of carbonyl (C=O) groups is 1. The van der Waals surface area contributed by atoms with Gasteiger partial charge in [0.05, 0.1) is 4.90 Å². The summed E-state index contributed by atoms with van der Waals surface area (Å²) in [6, 6.07) is 17.6. The molecule has 1 aliphatic rings. The van der Waals surface area contributed by atoms with Crippen LogP contribution in [0.15, 0.2) is 71.8 Å². The molecule has 0 atom stereocenters. The largest absolute Gasteiger partial charge is 0.335 e. The molecule has 1 saturated heterocycles. The van der Waals surface area contributed by atoms with Crippen molar-refractivity contribution in [1.29, 1.82) is 0 Å². The molecule has 2 aromatic heterocycles. The van der Waals surface area contributed by atoms with Crippen LogP contribution >= 0.6 is 0 Å². The lowest BCUT2D eigenvalue weighted by molar-refractivity contribution is 0.0608. The Morgan fingerprint density at radius 3 is 2.55 bits per heavy atom. The normalized spacial score (nSPS) is 14.3. The number of anilines is 2. The van der Waals surface area contributed by atoms with Crippen LogP contribution in [0.1, 0.15) is 10.4 Å². The summed E-state index contributed by atoms with van der Waals surface area (Å²) in [5, 5.41) is 7.62. The summed E-state index contributed by atoms with van der Waals surface area (Å²) in [6.45, 7) is 1.17. The van der Waals surface area contributed by atoms with Crippen molar-refractivity contribution >= 4 is 33.0 Å². The first kappa shape index (κ1) is 21.1. The molecule has 0 radical (unpaired) electrons. The first-order valence-electron chi connectivity index (χ1n) is 10.4. The number of likely N-dealkylation sites (tertiary alicyclic amines) is 1. The van der Waals surface area contributed by atoms with Crippen molar-refractivity contribution in [1.82, 2.24) is 19.5 Å². The molecule has 10 heteroatoms. The van der Waals surface area contributed by atoms with E-state index in [0.717, 1.165) is 16.8 Å². The summed E-state index contributed by atoms with van der Waals surface area (Å²) in [6.07, 6.45) is 2.96. The molecule has 9 nitrogen and oxygen atoms in total. The Kier molecular flexibility index (Phi) is 5.10. The predicted octanol–water partition coefficient (Wildman–Crippen LogP) is 2.33. The van der Waals surface area contributed by atoms with Gasteiger partial charge in [0.2, 0.25) is 5.95 Å². The van der Waals surface area contributed by atoms with Crippen LogP contribution in [-0.4, -0.2) is 59.2 Å². The minimum absolute atomic E-state index is 0.0323. The van der Waals surface area contributed by atoms with E-state index in [1.807, 2.05) is 18.2 Å². The molecular formula is C23H22N6O3S. The molecule has 1 aliphatic heterocycles. The molecule has 0 unspecified atom stereocenters. The highest BCUT2D eigenvalue weighted by molar-refractivity contribution is 7.90.